The van der Waals surface area contributed by atoms with Gasteiger partial charge in [0.05, 0.1) is 11.7 Å². The summed E-state index contributed by atoms with van der Waals surface area (Å²) in [5.41, 5.74) is 6.82. The number of aromatic nitrogens is 2. The summed E-state index contributed by atoms with van der Waals surface area (Å²) in [6.45, 7) is 13.0. The highest BCUT2D eigenvalue weighted by molar-refractivity contribution is 5.97. The van der Waals surface area contributed by atoms with Crippen molar-refractivity contribution in [2.75, 3.05) is 18.4 Å². The molecular weight excluding hydrogens is 578 g/mol. The molecule has 2 aliphatic heterocycles. The van der Waals surface area contributed by atoms with Crippen LogP contribution < -0.4 is 5.32 Å². The summed E-state index contributed by atoms with van der Waals surface area (Å²) >= 11 is 0. The molecule has 244 valence electrons. The molecule has 2 aromatic carbocycles. The van der Waals surface area contributed by atoms with Crippen molar-refractivity contribution in [3.8, 4) is 22.4 Å². The van der Waals surface area contributed by atoms with E-state index in [1.807, 2.05) is 56.9 Å². The smallest absolute Gasteiger partial charge is 0.410 e. The number of H-pyrrole nitrogens is 1. The van der Waals surface area contributed by atoms with E-state index in [2.05, 4.69) is 42.3 Å². The lowest BCUT2D eigenvalue weighted by Gasteiger charge is -2.28. The fourth-order valence-corrected chi connectivity index (χ4v) is 6.87. The van der Waals surface area contributed by atoms with E-state index in [9.17, 15) is 14.4 Å². The molecule has 1 aromatic heterocycles. The largest absolute Gasteiger partial charge is 0.444 e. The number of likely N-dealkylation sites (tertiary alicyclic amines) is 2. The number of imidazole rings is 1. The van der Waals surface area contributed by atoms with Crippen molar-refractivity contribution in [2.24, 2.45) is 11.8 Å². The zero-order valence-electron chi connectivity index (χ0n) is 28.0. The van der Waals surface area contributed by atoms with Gasteiger partial charge in [-0.1, -0.05) is 51.1 Å². The van der Waals surface area contributed by atoms with Crippen LogP contribution >= 0.6 is 0 Å². The molecule has 3 amide bonds. The number of nitrogens with zero attached hydrogens (tertiary/aromatic N) is 3. The fraction of sp³-hybridized carbons (Fsp3) is 0.514. The number of amides is 3. The zero-order chi connectivity index (χ0) is 32.7. The first kappa shape index (κ1) is 31.8. The van der Waals surface area contributed by atoms with Crippen LogP contribution in [-0.2, 0) is 27.2 Å². The molecular formula is C37H47N5O4. The monoisotopic (exact) mass is 625 g/mol. The van der Waals surface area contributed by atoms with Crippen LogP contribution in [0.2, 0.25) is 0 Å². The van der Waals surface area contributed by atoms with Gasteiger partial charge in [-0.3, -0.25) is 14.5 Å². The molecule has 2 fully saturated rings. The number of hydrogen-bond acceptors (Lipinski definition) is 5. The molecule has 46 heavy (non-hydrogen) atoms. The Balaban J connectivity index is 1.14. The molecule has 0 bridgehead atoms. The average Bonchev–Trinajstić information content (AvgIpc) is 3.79. The second-order valence-corrected chi connectivity index (χ2v) is 14.4. The summed E-state index contributed by atoms with van der Waals surface area (Å²) in [6.07, 6.45) is 4.68. The van der Waals surface area contributed by atoms with Crippen LogP contribution in [0.15, 0.2) is 42.5 Å². The van der Waals surface area contributed by atoms with Gasteiger partial charge in [0.15, 0.2) is 0 Å². The van der Waals surface area contributed by atoms with Crippen molar-refractivity contribution in [2.45, 2.75) is 97.8 Å². The Hall–Kier alpha value is -4.14. The number of benzene rings is 2. The number of ether oxygens (including phenoxy) is 1. The van der Waals surface area contributed by atoms with E-state index in [-0.39, 0.29) is 23.8 Å². The van der Waals surface area contributed by atoms with Gasteiger partial charge in [0.2, 0.25) is 11.8 Å². The molecule has 9 heteroatoms. The number of carbonyl (C=O) groups excluding carboxylic acids is 3. The lowest BCUT2D eigenvalue weighted by molar-refractivity contribution is -0.137. The topological polar surface area (TPSA) is 108 Å². The molecule has 0 saturated carbocycles. The minimum Gasteiger partial charge on any atom is -0.444 e. The van der Waals surface area contributed by atoms with Gasteiger partial charge in [-0.25, -0.2) is 9.78 Å². The highest BCUT2D eigenvalue weighted by Gasteiger charge is 2.37. The zero-order valence-corrected chi connectivity index (χ0v) is 28.0. The Morgan fingerprint density at radius 3 is 2.35 bits per heavy atom. The summed E-state index contributed by atoms with van der Waals surface area (Å²) in [7, 11) is 0. The number of nitrogens with one attached hydrogen (secondary N) is 2. The molecule has 0 radical (unpaired) electrons. The third kappa shape index (κ3) is 6.42. The van der Waals surface area contributed by atoms with Crippen LogP contribution in [-0.4, -0.2) is 62.4 Å². The van der Waals surface area contributed by atoms with E-state index in [0.29, 0.717) is 24.6 Å². The van der Waals surface area contributed by atoms with Crippen molar-refractivity contribution < 1.29 is 19.1 Å². The highest BCUT2D eigenvalue weighted by atomic mass is 16.6. The van der Waals surface area contributed by atoms with E-state index in [1.165, 1.54) is 10.5 Å². The van der Waals surface area contributed by atoms with Gasteiger partial charge in [0.1, 0.15) is 17.5 Å². The van der Waals surface area contributed by atoms with E-state index < -0.39 is 17.7 Å². The first-order chi connectivity index (χ1) is 21.9. The Morgan fingerprint density at radius 2 is 1.63 bits per heavy atom. The summed E-state index contributed by atoms with van der Waals surface area (Å²) in [6, 6.07) is 13.9. The number of hydrogen-bond donors (Lipinski definition) is 2. The molecule has 3 aromatic rings. The van der Waals surface area contributed by atoms with E-state index in [0.717, 1.165) is 72.6 Å². The summed E-state index contributed by atoms with van der Waals surface area (Å²) in [4.78, 5) is 51.3. The first-order valence-electron chi connectivity index (χ1n) is 16.8. The number of aromatic amines is 1. The summed E-state index contributed by atoms with van der Waals surface area (Å²) < 4.78 is 5.51. The van der Waals surface area contributed by atoms with Crippen LogP contribution in [0.3, 0.4) is 0 Å². The highest BCUT2D eigenvalue weighted by Crippen LogP contribution is 2.39. The van der Waals surface area contributed by atoms with E-state index >= 15 is 0 Å². The number of rotatable bonds is 6. The van der Waals surface area contributed by atoms with Gasteiger partial charge in [-0.15, -0.1) is 0 Å². The second kappa shape index (κ2) is 12.6. The lowest BCUT2D eigenvalue weighted by Crippen LogP contribution is -2.45. The van der Waals surface area contributed by atoms with Crippen LogP contribution in [0, 0.1) is 11.8 Å². The average molecular weight is 626 g/mol. The maximum Gasteiger partial charge on any atom is 0.410 e. The maximum atomic E-state index is 13.2. The van der Waals surface area contributed by atoms with E-state index in [4.69, 9.17) is 9.72 Å². The van der Waals surface area contributed by atoms with Crippen LogP contribution in [0.25, 0.3) is 22.4 Å². The Labute approximate surface area is 272 Å². The van der Waals surface area contributed by atoms with Gasteiger partial charge < -0.3 is 19.9 Å². The lowest BCUT2D eigenvalue weighted by atomic mass is 9.89. The van der Waals surface area contributed by atoms with Crippen molar-refractivity contribution in [1.82, 2.24) is 19.8 Å². The van der Waals surface area contributed by atoms with Crippen LogP contribution in [0.1, 0.15) is 90.3 Å². The Morgan fingerprint density at radius 1 is 0.935 bits per heavy atom. The third-order valence-electron chi connectivity index (χ3n) is 9.71. The predicted molar refractivity (Wildman–Crippen MR) is 179 cm³/mol. The van der Waals surface area contributed by atoms with Gasteiger partial charge >= 0.3 is 6.09 Å². The Kier molecular flexibility index (Phi) is 8.70. The number of carbonyl (C=O) groups is 3. The van der Waals surface area contributed by atoms with Crippen LogP contribution in [0.5, 0.6) is 0 Å². The Bertz CT molecular complexity index is 1620. The van der Waals surface area contributed by atoms with Gasteiger partial charge in [-0.2, -0.15) is 0 Å². The predicted octanol–water partition coefficient (Wildman–Crippen LogP) is 7.14. The summed E-state index contributed by atoms with van der Waals surface area (Å²) in [5, 5.41) is 2.99. The van der Waals surface area contributed by atoms with Gasteiger partial charge in [0.25, 0.3) is 0 Å². The van der Waals surface area contributed by atoms with Gasteiger partial charge in [-0.05, 0) is 94.0 Å². The second-order valence-electron chi connectivity index (χ2n) is 14.4. The van der Waals surface area contributed by atoms with Crippen molar-refractivity contribution in [3.05, 3.63) is 59.5 Å². The number of aryl methyl sites for hydroxylation is 2. The number of anilines is 1. The minimum atomic E-state index is -0.610. The van der Waals surface area contributed by atoms with Crippen molar-refractivity contribution in [1.29, 1.82) is 0 Å². The third-order valence-corrected chi connectivity index (χ3v) is 9.71. The quantitative estimate of drug-likeness (QED) is 0.303. The van der Waals surface area contributed by atoms with E-state index in [1.54, 1.807) is 0 Å². The molecule has 3 unspecified atom stereocenters. The standard InChI is InChI=1S/C37H47N5O4/c1-22(2)23(3)35(44)41-19-7-9-30(41)33-39-29-18-14-26-21-25(13-17-28(26)32(29)40-33)24-11-15-27(16-12-24)38-34(43)31-10-8-20-42(31)36(45)46-37(4,5)6/h11-13,15-17,21-23,30-31H,7-10,14,18-20H2,1-6H3,(H,38,43)(H,39,40). The van der Waals surface area contributed by atoms with Crippen molar-refractivity contribution >= 4 is 23.6 Å². The first-order valence-corrected chi connectivity index (χ1v) is 16.8. The molecule has 2 N–H and O–H groups in total. The maximum absolute atomic E-state index is 13.2. The molecule has 3 atom stereocenters. The molecule has 1 aliphatic carbocycles. The normalized spacial score (nSPS) is 20.0. The molecule has 9 nitrogen and oxygen atoms in total. The SMILES string of the molecule is CC(C)C(C)C(=O)N1CCCC1c1nc2c([nH]1)CCc1cc(-c3ccc(NC(=O)C4CCCN4C(=O)OC(C)(C)C)cc3)ccc1-2. The molecule has 6 rings (SSSR count). The minimum absolute atomic E-state index is 0.00325. The van der Waals surface area contributed by atoms with Crippen molar-refractivity contribution in [3.63, 3.8) is 0 Å². The van der Waals surface area contributed by atoms with Gasteiger partial charge in [0, 0.05) is 36.0 Å². The summed E-state index contributed by atoms with van der Waals surface area (Å²) in [5.74, 6) is 1.25. The molecule has 0 spiro atoms. The molecule has 3 aliphatic rings. The fourth-order valence-electron chi connectivity index (χ4n) is 6.87. The van der Waals surface area contributed by atoms with Crippen LogP contribution in [0.4, 0.5) is 10.5 Å². The number of fused-ring (bicyclic) bond motifs is 3. The molecule has 3 heterocycles. The molecule has 2 saturated heterocycles.